The molecule has 0 aromatic heterocycles. The van der Waals surface area contributed by atoms with Gasteiger partial charge in [-0.25, -0.2) is 4.79 Å². The van der Waals surface area contributed by atoms with Crippen molar-refractivity contribution in [3.63, 3.8) is 0 Å². The Kier molecular flexibility index (Phi) is 4.57. The summed E-state index contributed by atoms with van der Waals surface area (Å²) in [4.78, 5) is 37.4. The molecule has 0 aliphatic carbocycles. The van der Waals surface area contributed by atoms with Crippen molar-refractivity contribution in [2.45, 2.75) is 19.8 Å². The highest BCUT2D eigenvalue weighted by Crippen LogP contribution is 2.28. The summed E-state index contributed by atoms with van der Waals surface area (Å²) < 4.78 is 0.662. The van der Waals surface area contributed by atoms with Crippen LogP contribution in [-0.2, 0) is 9.59 Å². The molecule has 1 heterocycles. The van der Waals surface area contributed by atoms with E-state index >= 15 is 0 Å². The SMILES string of the molecule is CC(C)=CCN1C(=O)NC(=O)C(c2ccccc2Br)C1=O. The van der Waals surface area contributed by atoms with Gasteiger partial charge in [0.2, 0.25) is 11.8 Å². The molecule has 1 aromatic carbocycles. The molecule has 4 amide bonds. The molecule has 1 fully saturated rings. The van der Waals surface area contributed by atoms with Gasteiger partial charge in [0.15, 0.2) is 0 Å². The molecular formula is C15H15BrN2O3. The van der Waals surface area contributed by atoms with Gasteiger partial charge in [0.1, 0.15) is 5.92 Å². The number of hydrogen-bond acceptors (Lipinski definition) is 3. The largest absolute Gasteiger partial charge is 0.331 e. The van der Waals surface area contributed by atoms with Gasteiger partial charge in [-0.1, -0.05) is 45.8 Å². The Balaban J connectivity index is 2.36. The van der Waals surface area contributed by atoms with Crippen molar-refractivity contribution in [3.8, 4) is 0 Å². The quantitative estimate of drug-likeness (QED) is 0.672. The number of halogens is 1. The van der Waals surface area contributed by atoms with Gasteiger partial charge in [-0.2, -0.15) is 0 Å². The molecule has 0 bridgehead atoms. The molecule has 2 rings (SSSR count). The molecule has 1 aliphatic rings. The maximum Gasteiger partial charge on any atom is 0.331 e. The maximum atomic E-state index is 12.5. The van der Waals surface area contributed by atoms with Crippen LogP contribution in [0.1, 0.15) is 25.3 Å². The van der Waals surface area contributed by atoms with Crippen molar-refractivity contribution in [2.24, 2.45) is 0 Å². The zero-order valence-electron chi connectivity index (χ0n) is 11.7. The first-order valence-corrected chi connectivity index (χ1v) is 7.25. The van der Waals surface area contributed by atoms with Crippen LogP contribution in [0, 0.1) is 0 Å². The lowest BCUT2D eigenvalue weighted by Gasteiger charge is -2.30. The summed E-state index contributed by atoms with van der Waals surface area (Å²) in [6.07, 6.45) is 1.77. The second-order valence-electron chi connectivity index (χ2n) is 4.98. The van der Waals surface area contributed by atoms with E-state index in [1.54, 1.807) is 30.3 Å². The minimum Gasteiger partial charge on any atom is -0.277 e. The maximum absolute atomic E-state index is 12.5. The fourth-order valence-corrected chi connectivity index (χ4v) is 2.56. The van der Waals surface area contributed by atoms with E-state index in [-0.39, 0.29) is 6.54 Å². The second-order valence-corrected chi connectivity index (χ2v) is 5.83. The average molecular weight is 351 g/mol. The lowest BCUT2D eigenvalue weighted by molar-refractivity contribution is -0.138. The molecule has 1 unspecified atom stereocenters. The normalized spacial score (nSPS) is 18.5. The number of benzene rings is 1. The summed E-state index contributed by atoms with van der Waals surface area (Å²) in [5, 5.41) is 2.24. The van der Waals surface area contributed by atoms with Crippen molar-refractivity contribution in [3.05, 3.63) is 46.0 Å². The van der Waals surface area contributed by atoms with Crippen molar-refractivity contribution < 1.29 is 14.4 Å². The van der Waals surface area contributed by atoms with E-state index in [2.05, 4.69) is 21.2 Å². The molecular weight excluding hydrogens is 336 g/mol. The van der Waals surface area contributed by atoms with Gasteiger partial charge in [0.25, 0.3) is 0 Å². The topological polar surface area (TPSA) is 66.5 Å². The van der Waals surface area contributed by atoms with Crippen LogP contribution in [0.4, 0.5) is 4.79 Å². The highest BCUT2D eigenvalue weighted by Gasteiger charge is 2.41. The number of urea groups is 1. The molecule has 0 spiro atoms. The fraction of sp³-hybridized carbons (Fsp3) is 0.267. The van der Waals surface area contributed by atoms with Crippen LogP contribution in [-0.4, -0.2) is 29.3 Å². The predicted octanol–water partition coefficient (Wildman–Crippen LogP) is 2.58. The Morgan fingerprint density at radius 2 is 1.95 bits per heavy atom. The standard InChI is InChI=1S/C15H15BrN2O3/c1-9(2)7-8-18-14(20)12(13(19)17-15(18)21)10-5-3-4-6-11(10)16/h3-7,12H,8H2,1-2H3,(H,17,19,21). The molecule has 110 valence electrons. The number of nitrogens with one attached hydrogen (secondary N) is 1. The first-order valence-electron chi connectivity index (χ1n) is 6.46. The van der Waals surface area contributed by atoms with E-state index in [1.165, 1.54) is 0 Å². The smallest absolute Gasteiger partial charge is 0.277 e. The molecule has 1 atom stereocenters. The van der Waals surface area contributed by atoms with E-state index in [0.29, 0.717) is 10.0 Å². The first kappa shape index (κ1) is 15.4. The average Bonchev–Trinajstić information content (AvgIpc) is 2.40. The zero-order valence-corrected chi connectivity index (χ0v) is 13.3. The van der Waals surface area contributed by atoms with E-state index in [4.69, 9.17) is 0 Å². The van der Waals surface area contributed by atoms with Gasteiger partial charge >= 0.3 is 6.03 Å². The number of imide groups is 2. The van der Waals surface area contributed by atoms with E-state index in [1.807, 2.05) is 13.8 Å². The third-order valence-corrected chi connectivity index (χ3v) is 3.87. The summed E-state index contributed by atoms with van der Waals surface area (Å²) in [7, 11) is 0. The number of carbonyl (C=O) groups is 3. The van der Waals surface area contributed by atoms with Gasteiger partial charge in [-0.15, -0.1) is 0 Å². The summed E-state index contributed by atoms with van der Waals surface area (Å²) in [6, 6.07) is 6.32. The van der Waals surface area contributed by atoms with Crippen LogP contribution in [0.25, 0.3) is 0 Å². The summed E-state index contributed by atoms with van der Waals surface area (Å²) >= 11 is 3.34. The van der Waals surface area contributed by atoms with Crippen LogP contribution < -0.4 is 5.32 Å². The van der Waals surface area contributed by atoms with Crippen LogP contribution in [0.15, 0.2) is 40.4 Å². The number of nitrogens with zero attached hydrogens (tertiary/aromatic N) is 1. The van der Waals surface area contributed by atoms with Gasteiger partial charge in [0, 0.05) is 11.0 Å². The second kappa shape index (κ2) is 6.22. The Hall–Kier alpha value is -1.95. The third kappa shape index (κ3) is 3.21. The molecule has 1 aliphatic heterocycles. The lowest BCUT2D eigenvalue weighted by Crippen LogP contribution is -2.56. The molecule has 1 aromatic rings. The van der Waals surface area contributed by atoms with Crippen LogP contribution in [0.5, 0.6) is 0 Å². The van der Waals surface area contributed by atoms with Crippen molar-refractivity contribution in [1.29, 1.82) is 0 Å². The lowest BCUT2D eigenvalue weighted by atomic mass is 9.95. The van der Waals surface area contributed by atoms with Gasteiger partial charge in [-0.3, -0.25) is 19.8 Å². The van der Waals surface area contributed by atoms with Crippen molar-refractivity contribution in [1.82, 2.24) is 10.2 Å². The van der Waals surface area contributed by atoms with Crippen molar-refractivity contribution >= 4 is 33.8 Å². The molecule has 1 saturated heterocycles. The molecule has 21 heavy (non-hydrogen) atoms. The molecule has 1 N–H and O–H groups in total. The van der Waals surface area contributed by atoms with Gasteiger partial charge in [0.05, 0.1) is 0 Å². The summed E-state index contributed by atoms with van der Waals surface area (Å²) in [6.45, 7) is 3.91. The minimum absolute atomic E-state index is 0.154. The van der Waals surface area contributed by atoms with Gasteiger partial charge < -0.3 is 0 Å². The van der Waals surface area contributed by atoms with Crippen molar-refractivity contribution in [2.75, 3.05) is 6.54 Å². The Labute approximate surface area is 131 Å². The molecule has 5 nitrogen and oxygen atoms in total. The number of barbiturate groups is 1. The minimum atomic E-state index is -1.01. The van der Waals surface area contributed by atoms with Gasteiger partial charge in [-0.05, 0) is 25.5 Å². The zero-order chi connectivity index (χ0) is 15.6. The Morgan fingerprint density at radius 1 is 1.29 bits per heavy atom. The summed E-state index contributed by atoms with van der Waals surface area (Å²) in [5.41, 5.74) is 1.54. The fourth-order valence-electron chi connectivity index (χ4n) is 2.04. The number of hydrogen-bond donors (Lipinski definition) is 1. The van der Waals surface area contributed by atoms with E-state index in [0.717, 1.165) is 10.5 Å². The summed E-state index contributed by atoms with van der Waals surface area (Å²) in [5.74, 6) is -2.11. The highest BCUT2D eigenvalue weighted by molar-refractivity contribution is 9.10. The van der Waals surface area contributed by atoms with E-state index < -0.39 is 23.8 Å². The van der Waals surface area contributed by atoms with Crippen LogP contribution in [0.2, 0.25) is 0 Å². The third-order valence-electron chi connectivity index (χ3n) is 3.15. The number of rotatable bonds is 3. The highest BCUT2D eigenvalue weighted by atomic mass is 79.9. The molecule has 0 radical (unpaired) electrons. The number of allylic oxidation sites excluding steroid dienone is 1. The number of amides is 4. The van der Waals surface area contributed by atoms with Crippen LogP contribution >= 0.6 is 15.9 Å². The molecule has 0 saturated carbocycles. The molecule has 6 heteroatoms. The van der Waals surface area contributed by atoms with Crippen LogP contribution in [0.3, 0.4) is 0 Å². The Bertz CT molecular complexity index is 636. The number of carbonyl (C=O) groups excluding carboxylic acids is 3. The first-order chi connectivity index (χ1) is 9.91. The predicted molar refractivity (Wildman–Crippen MR) is 81.6 cm³/mol. The van der Waals surface area contributed by atoms with E-state index in [9.17, 15) is 14.4 Å². The Morgan fingerprint density at radius 3 is 2.57 bits per heavy atom. The monoisotopic (exact) mass is 350 g/mol.